The highest BCUT2D eigenvalue weighted by Crippen LogP contribution is 2.51. The molecule has 0 spiro atoms. The molecule has 1 aliphatic rings. The third kappa shape index (κ3) is 2.91. The SMILES string of the molecule is OCC1=C(Br)N=C(Cl)[N+]1(c1ccc(F)cc1Cl)c1ccc(F)cc1Cl. The van der Waals surface area contributed by atoms with E-state index in [1.54, 1.807) is 0 Å². The fourth-order valence-electron chi connectivity index (χ4n) is 2.77. The molecule has 3 rings (SSSR count). The first-order valence-corrected chi connectivity index (χ1v) is 8.80. The number of hydrogen-bond donors (Lipinski definition) is 1. The summed E-state index contributed by atoms with van der Waals surface area (Å²) < 4.78 is 26.9. The van der Waals surface area contributed by atoms with Crippen molar-refractivity contribution in [2.45, 2.75) is 0 Å². The maximum Gasteiger partial charge on any atom is 0.316 e. The van der Waals surface area contributed by atoms with Crippen molar-refractivity contribution in [1.82, 2.24) is 4.48 Å². The van der Waals surface area contributed by atoms with Crippen LogP contribution in [0.15, 0.2) is 51.7 Å². The first-order valence-electron chi connectivity index (χ1n) is 6.87. The molecule has 0 aromatic heterocycles. The van der Waals surface area contributed by atoms with E-state index >= 15 is 0 Å². The third-order valence-electron chi connectivity index (χ3n) is 3.80. The van der Waals surface area contributed by atoms with Crippen LogP contribution in [0, 0.1) is 11.6 Å². The van der Waals surface area contributed by atoms with Crippen LogP contribution >= 0.6 is 50.7 Å². The second-order valence-corrected chi connectivity index (χ2v) is 7.04. The Balaban J connectivity index is 2.44. The number of quaternary nitrogens is 1. The number of hydrogen-bond acceptors (Lipinski definition) is 2. The van der Waals surface area contributed by atoms with Gasteiger partial charge in [0.2, 0.25) is 0 Å². The predicted octanol–water partition coefficient (Wildman–Crippen LogP) is 6.08. The maximum absolute atomic E-state index is 13.5. The van der Waals surface area contributed by atoms with Crippen LogP contribution < -0.4 is 4.48 Å². The molecule has 0 amide bonds. The van der Waals surface area contributed by atoms with E-state index in [1.165, 1.54) is 24.3 Å². The second kappa shape index (κ2) is 6.95. The lowest BCUT2D eigenvalue weighted by atomic mass is 10.1. The zero-order valence-corrected chi connectivity index (χ0v) is 16.1. The number of nitrogens with zero attached hydrogens (tertiary/aromatic N) is 2. The summed E-state index contributed by atoms with van der Waals surface area (Å²) in [4.78, 5) is 4.16. The first kappa shape index (κ1) is 18.8. The summed E-state index contributed by atoms with van der Waals surface area (Å²) in [6.07, 6.45) is 0. The molecule has 1 N–H and O–H groups in total. The van der Waals surface area contributed by atoms with Gasteiger partial charge in [0.15, 0.2) is 21.7 Å². The number of halogens is 6. The van der Waals surface area contributed by atoms with E-state index in [2.05, 4.69) is 20.9 Å². The molecule has 0 saturated heterocycles. The van der Waals surface area contributed by atoms with E-state index in [-0.39, 0.29) is 19.9 Å². The van der Waals surface area contributed by atoms with E-state index in [0.717, 1.165) is 12.1 Å². The van der Waals surface area contributed by atoms with Gasteiger partial charge in [-0.25, -0.2) is 8.78 Å². The number of aliphatic hydroxyl groups is 1. The Kier molecular flexibility index (Phi) is 5.21. The monoisotopic (exact) mass is 467 g/mol. The predicted molar refractivity (Wildman–Crippen MR) is 101 cm³/mol. The number of aliphatic hydroxyl groups excluding tert-OH is 1. The van der Waals surface area contributed by atoms with Gasteiger partial charge in [-0.05, 0) is 40.2 Å². The molecule has 1 heterocycles. The largest absolute Gasteiger partial charge is 0.386 e. The van der Waals surface area contributed by atoms with Crippen LogP contribution in [0.1, 0.15) is 0 Å². The van der Waals surface area contributed by atoms with Gasteiger partial charge in [-0.1, -0.05) is 23.2 Å². The van der Waals surface area contributed by atoms with Crippen LogP contribution in [0.25, 0.3) is 0 Å². The number of aliphatic imine (C=N–C) groups is 1. The van der Waals surface area contributed by atoms with E-state index < -0.39 is 22.7 Å². The van der Waals surface area contributed by atoms with Gasteiger partial charge in [-0.2, -0.15) is 9.48 Å². The van der Waals surface area contributed by atoms with Crippen molar-refractivity contribution in [3.8, 4) is 0 Å². The minimum atomic E-state index is -0.544. The van der Waals surface area contributed by atoms with E-state index in [9.17, 15) is 13.9 Å². The first-order chi connectivity index (χ1) is 11.8. The van der Waals surface area contributed by atoms with Crippen LogP contribution in [-0.2, 0) is 0 Å². The van der Waals surface area contributed by atoms with Gasteiger partial charge in [0.25, 0.3) is 0 Å². The molecule has 0 radical (unpaired) electrons. The van der Waals surface area contributed by atoms with Gasteiger partial charge in [-0.3, -0.25) is 0 Å². The van der Waals surface area contributed by atoms with Crippen molar-refractivity contribution in [3.05, 3.63) is 68.4 Å². The van der Waals surface area contributed by atoms with Crippen molar-refractivity contribution >= 4 is 67.4 Å². The van der Waals surface area contributed by atoms with Gasteiger partial charge in [0.05, 0.1) is 0 Å². The van der Waals surface area contributed by atoms with Crippen LogP contribution in [0.4, 0.5) is 20.2 Å². The lowest BCUT2D eigenvalue weighted by Gasteiger charge is -2.34. The van der Waals surface area contributed by atoms with Gasteiger partial charge in [0.1, 0.15) is 28.3 Å². The van der Waals surface area contributed by atoms with Gasteiger partial charge in [0, 0.05) is 23.7 Å². The Hall–Kier alpha value is -1.02. The standard InChI is InChI=1S/C16H9BrCl3F2N2O/c17-15-14(7-25)24(16(20)23-15,12-3-1-8(21)5-10(12)18)13-4-2-9(22)6-11(13)19/h1-6,25H,7H2/q+1. The molecule has 9 heteroatoms. The highest BCUT2D eigenvalue weighted by molar-refractivity contribution is 9.11. The van der Waals surface area contributed by atoms with Crippen LogP contribution in [0.2, 0.25) is 10.0 Å². The summed E-state index contributed by atoms with van der Waals surface area (Å²) in [6.45, 7) is -0.457. The number of rotatable bonds is 3. The van der Waals surface area contributed by atoms with Gasteiger partial charge >= 0.3 is 5.29 Å². The zero-order valence-electron chi connectivity index (χ0n) is 12.3. The van der Waals surface area contributed by atoms with Crippen molar-refractivity contribution < 1.29 is 13.9 Å². The highest BCUT2D eigenvalue weighted by Gasteiger charge is 2.51. The number of amidine groups is 1. The lowest BCUT2D eigenvalue weighted by molar-refractivity contribution is 0.311. The Morgan fingerprint density at radius 3 is 1.84 bits per heavy atom. The minimum absolute atomic E-state index is 0.0158. The quantitative estimate of drug-likeness (QED) is 0.429. The average molecular weight is 470 g/mol. The Labute approximate surface area is 165 Å². The van der Waals surface area contributed by atoms with Crippen LogP contribution in [-0.4, -0.2) is 17.0 Å². The average Bonchev–Trinajstić information content (AvgIpc) is 2.78. The molecule has 130 valence electrons. The molecule has 2 aromatic carbocycles. The fourth-order valence-corrected chi connectivity index (χ4v) is 4.39. The van der Waals surface area contributed by atoms with Crippen LogP contribution in [0.3, 0.4) is 0 Å². The van der Waals surface area contributed by atoms with Gasteiger partial charge < -0.3 is 5.11 Å². The highest BCUT2D eigenvalue weighted by atomic mass is 79.9. The molecule has 0 unspecified atom stereocenters. The Morgan fingerprint density at radius 2 is 1.44 bits per heavy atom. The minimum Gasteiger partial charge on any atom is -0.386 e. The Morgan fingerprint density at radius 1 is 0.960 bits per heavy atom. The molecular formula is C16H9BrCl3F2N2O+. The van der Waals surface area contributed by atoms with Crippen molar-refractivity contribution in [1.29, 1.82) is 0 Å². The summed E-state index contributed by atoms with van der Waals surface area (Å²) in [5.41, 5.74) is 0.916. The molecule has 3 nitrogen and oxygen atoms in total. The van der Waals surface area contributed by atoms with Crippen molar-refractivity contribution in [3.63, 3.8) is 0 Å². The summed E-state index contributed by atoms with van der Waals surface area (Å²) >= 11 is 22.2. The van der Waals surface area contributed by atoms with Crippen molar-refractivity contribution in [2.24, 2.45) is 4.99 Å². The molecule has 0 fully saturated rings. The summed E-state index contributed by atoms with van der Waals surface area (Å²) in [5, 5.41) is 10.0. The van der Waals surface area contributed by atoms with Crippen molar-refractivity contribution in [2.75, 3.05) is 6.61 Å². The zero-order chi connectivity index (χ0) is 18.4. The molecule has 0 saturated carbocycles. The molecule has 1 aliphatic heterocycles. The normalized spacial score (nSPS) is 16.4. The topological polar surface area (TPSA) is 32.6 Å². The third-order valence-corrected chi connectivity index (χ3v) is 5.38. The van der Waals surface area contributed by atoms with E-state index in [0.29, 0.717) is 17.1 Å². The van der Waals surface area contributed by atoms with E-state index in [1.807, 2.05) is 0 Å². The summed E-state index contributed by atoms with van der Waals surface area (Å²) in [5.74, 6) is -1.09. The smallest absolute Gasteiger partial charge is 0.316 e. The van der Waals surface area contributed by atoms with Gasteiger partial charge in [-0.15, -0.1) is 0 Å². The molecule has 25 heavy (non-hydrogen) atoms. The summed E-state index contributed by atoms with van der Waals surface area (Å²) in [6, 6.07) is 7.44. The lowest BCUT2D eigenvalue weighted by Crippen LogP contribution is -2.45. The summed E-state index contributed by atoms with van der Waals surface area (Å²) in [7, 11) is 0. The molecule has 0 bridgehead atoms. The molecule has 2 aromatic rings. The Bertz CT molecular complexity index is 882. The van der Waals surface area contributed by atoms with Crippen LogP contribution in [0.5, 0.6) is 0 Å². The molecular weight excluding hydrogens is 460 g/mol. The molecule has 0 aliphatic carbocycles. The second-order valence-electron chi connectivity index (χ2n) is 5.14. The fraction of sp³-hybridized carbons (Fsp3) is 0.0625. The maximum atomic E-state index is 13.5. The number of benzene rings is 2. The molecule has 0 atom stereocenters. The van der Waals surface area contributed by atoms with E-state index in [4.69, 9.17) is 34.8 Å².